The van der Waals surface area contributed by atoms with E-state index in [4.69, 9.17) is 5.73 Å². The lowest BCUT2D eigenvalue weighted by atomic mass is 10.2. The Morgan fingerprint density at radius 1 is 1.25 bits per heavy atom. The Hall–Kier alpha value is -0.840. The predicted molar refractivity (Wildman–Crippen MR) is 58.9 cm³/mol. The lowest BCUT2D eigenvalue weighted by Crippen LogP contribution is -1.92. The molecule has 1 aromatic carbocycles. The Labute approximate surface area is 83.9 Å². The minimum atomic E-state index is 0.772. The number of rotatable bonds is 0. The van der Waals surface area contributed by atoms with Gasteiger partial charge in [0.1, 0.15) is 0 Å². The highest BCUT2D eigenvalue weighted by atomic mass is 127. The van der Waals surface area contributed by atoms with Gasteiger partial charge in [0.2, 0.25) is 0 Å². The number of aromatic nitrogens is 1. The Kier molecular flexibility index (Phi) is 1.88. The van der Waals surface area contributed by atoms with E-state index >= 15 is 0 Å². The van der Waals surface area contributed by atoms with E-state index in [1.165, 1.54) is 0 Å². The van der Waals surface area contributed by atoms with Crippen molar-refractivity contribution in [2.24, 2.45) is 0 Å². The SMILES string of the molecule is Nc1c(I)ccc2cccnc12. The van der Waals surface area contributed by atoms with Gasteiger partial charge in [-0.1, -0.05) is 12.1 Å². The van der Waals surface area contributed by atoms with Crippen molar-refractivity contribution < 1.29 is 0 Å². The molecule has 2 nitrogen and oxygen atoms in total. The van der Waals surface area contributed by atoms with Crippen molar-refractivity contribution >= 4 is 39.2 Å². The van der Waals surface area contributed by atoms with Crippen molar-refractivity contribution in [2.45, 2.75) is 0 Å². The highest BCUT2D eigenvalue weighted by Gasteiger charge is 2.00. The molecule has 0 aliphatic heterocycles. The second kappa shape index (κ2) is 2.90. The van der Waals surface area contributed by atoms with E-state index in [9.17, 15) is 0 Å². The standard InChI is InChI=1S/C9H7IN2/c10-7-4-3-6-2-1-5-12-9(6)8(7)11/h1-5H,11H2. The van der Waals surface area contributed by atoms with Crippen LogP contribution in [-0.2, 0) is 0 Å². The van der Waals surface area contributed by atoms with E-state index in [2.05, 4.69) is 27.6 Å². The summed E-state index contributed by atoms with van der Waals surface area (Å²) in [5, 5.41) is 1.09. The van der Waals surface area contributed by atoms with Crippen LogP contribution in [0, 0.1) is 3.57 Å². The van der Waals surface area contributed by atoms with Gasteiger partial charge in [0.25, 0.3) is 0 Å². The Morgan fingerprint density at radius 3 is 2.92 bits per heavy atom. The van der Waals surface area contributed by atoms with Crippen LogP contribution in [-0.4, -0.2) is 4.98 Å². The van der Waals surface area contributed by atoms with E-state index in [1.807, 2.05) is 24.3 Å². The maximum absolute atomic E-state index is 5.85. The normalized spacial score (nSPS) is 10.4. The molecule has 0 aliphatic rings. The first-order valence-corrected chi connectivity index (χ1v) is 4.65. The number of halogens is 1. The molecule has 0 unspecified atom stereocenters. The molecule has 0 aliphatic carbocycles. The van der Waals surface area contributed by atoms with Gasteiger partial charge in [-0.2, -0.15) is 0 Å². The smallest absolute Gasteiger partial charge is 0.0942 e. The monoisotopic (exact) mass is 270 g/mol. The fourth-order valence-electron chi connectivity index (χ4n) is 1.14. The van der Waals surface area contributed by atoms with Crippen LogP contribution in [0.1, 0.15) is 0 Å². The van der Waals surface area contributed by atoms with Crippen molar-refractivity contribution in [1.29, 1.82) is 0 Å². The molecule has 0 atom stereocenters. The van der Waals surface area contributed by atoms with Crippen molar-refractivity contribution in [1.82, 2.24) is 4.98 Å². The van der Waals surface area contributed by atoms with Crippen LogP contribution in [0.4, 0.5) is 5.69 Å². The topological polar surface area (TPSA) is 38.9 Å². The summed E-state index contributed by atoms with van der Waals surface area (Å²) in [6.45, 7) is 0. The minimum absolute atomic E-state index is 0.772. The quantitative estimate of drug-likeness (QED) is 0.589. The van der Waals surface area contributed by atoms with Crippen molar-refractivity contribution in [2.75, 3.05) is 5.73 Å². The molecule has 0 spiro atoms. The third kappa shape index (κ3) is 1.14. The summed E-state index contributed by atoms with van der Waals surface area (Å²) in [5.74, 6) is 0. The van der Waals surface area contributed by atoms with Crippen LogP contribution in [0.3, 0.4) is 0 Å². The first-order chi connectivity index (χ1) is 5.79. The zero-order valence-corrected chi connectivity index (χ0v) is 8.45. The summed E-state index contributed by atoms with van der Waals surface area (Å²) >= 11 is 2.21. The molecule has 0 bridgehead atoms. The van der Waals surface area contributed by atoms with Gasteiger partial charge in [0.15, 0.2) is 0 Å². The summed E-state index contributed by atoms with van der Waals surface area (Å²) in [7, 11) is 0. The molecule has 0 amide bonds. The van der Waals surface area contributed by atoms with Crippen LogP contribution >= 0.6 is 22.6 Å². The predicted octanol–water partition coefficient (Wildman–Crippen LogP) is 2.42. The average Bonchev–Trinajstić information content (AvgIpc) is 2.12. The van der Waals surface area contributed by atoms with Crippen LogP contribution in [0.5, 0.6) is 0 Å². The second-order valence-corrected chi connectivity index (χ2v) is 3.70. The number of nitrogens with two attached hydrogens (primary N) is 1. The first-order valence-electron chi connectivity index (χ1n) is 3.58. The number of hydrogen-bond acceptors (Lipinski definition) is 2. The Morgan fingerprint density at radius 2 is 2.08 bits per heavy atom. The number of fused-ring (bicyclic) bond motifs is 1. The minimum Gasteiger partial charge on any atom is -0.396 e. The maximum Gasteiger partial charge on any atom is 0.0942 e. The molecular formula is C9H7IN2. The van der Waals surface area contributed by atoms with Gasteiger partial charge in [0.05, 0.1) is 11.2 Å². The maximum atomic E-state index is 5.85. The lowest BCUT2D eigenvalue weighted by molar-refractivity contribution is 1.41. The van der Waals surface area contributed by atoms with Gasteiger partial charge in [-0.15, -0.1) is 0 Å². The summed E-state index contributed by atoms with van der Waals surface area (Å²) in [5.41, 5.74) is 7.51. The van der Waals surface area contributed by atoms with Crippen LogP contribution < -0.4 is 5.73 Å². The largest absolute Gasteiger partial charge is 0.396 e. The average molecular weight is 270 g/mol. The van der Waals surface area contributed by atoms with E-state index in [0.717, 1.165) is 20.2 Å². The highest BCUT2D eigenvalue weighted by Crippen LogP contribution is 2.23. The third-order valence-corrected chi connectivity index (χ3v) is 2.70. The van der Waals surface area contributed by atoms with Crippen LogP contribution in [0.15, 0.2) is 30.5 Å². The third-order valence-electron chi connectivity index (χ3n) is 1.76. The number of pyridine rings is 1. The molecule has 1 aromatic heterocycles. The molecule has 60 valence electrons. The summed E-state index contributed by atoms with van der Waals surface area (Å²) < 4.78 is 1.05. The summed E-state index contributed by atoms with van der Waals surface area (Å²) in [6, 6.07) is 7.95. The molecule has 0 fully saturated rings. The number of nitrogens with zero attached hydrogens (tertiary/aromatic N) is 1. The van der Waals surface area contributed by atoms with E-state index in [1.54, 1.807) is 6.20 Å². The molecule has 2 N–H and O–H groups in total. The summed E-state index contributed by atoms with van der Waals surface area (Å²) in [4.78, 5) is 4.21. The molecule has 2 rings (SSSR count). The fourth-order valence-corrected chi connectivity index (χ4v) is 1.58. The zero-order chi connectivity index (χ0) is 8.55. The van der Waals surface area contributed by atoms with Gasteiger partial charge in [-0.05, 0) is 34.7 Å². The van der Waals surface area contributed by atoms with Crippen molar-refractivity contribution in [3.8, 4) is 0 Å². The Bertz CT molecular complexity index is 426. The zero-order valence-electron chi connectivity index (χ0n) is 6.29. The van der Waals surface area contributed by atoms with E-state index < -0.39 is 0 Å². The van der Waals surface area contributed by atoms with Crippen LogP contribution in [0.25, 0.3) is 10.9 Å². The molecule has 0 radical (unpaired) electrons. The number of hydrogen-bond donors (Lipinski definition) is 1. The van der Waals surface area contributed by atoms with E-state index in [-0.39, 0.29) is 0 Å². The summed E-state index contributed by atoms with van der Waals surface area (Å²) in [6.07, 6.45) is 1.76. The van der Waals surface area contributed by atoms with Gasteiger partial charge in [-0.3, -0.25) is 4.98 Å². The van der Waals surface area contributed by atoms with Gasteiger partial charge >= 0.3 is 0 Å². The fraction of sp³-hybridized carbons (Fsp3) is 0. The number of benzene rings is 1. The molecular weight excluding hydrogens is 263 g/mol. The molecule has 2 aromatic rings. The van der Waals surface area contributed by atoms with Crippen molar-refractivity contribution in [3.05, 3.63) is 34.0 Å². The van der Waals surface area contributed by atoms with Crippen molar-refractivity contribution in [3.63, 3.8) is 0 Å². The number of nitrogen functional groups attached to an aromatic ring is 1. The molecule has 12 heavy (non-hydrogen) atoms. The lowest BCUT2D eigenvalue weighted by Gasteiger charge is -2.01. The molecule has 3 heteroatoms. The first kappa shape index (κ1) is 7.79. The highest BCUT2D eigenvalue weighted by molar-refractivity contribution is 14.1. The molecule has 1 heterocycles. The second-order valence-electron chi connectivity index (χ2n) is 2.54. The molecule has 0 saturated carbocycles. The number of anilines is 1. The van der Waals surface area contributed by atoms with Gasteiger partial charge in [0, 0.05) is 15.2 Å². The molecule has 0 saturated heterocycles. The van der Waals surface area contributed by atoms with Gasteiger partial charge < -0.3 is 5.73 Å². The Balaban J connectivity index is 2.91. The van der Waals surface area contributed by atoms with Crippen LogP contribution in [0.2, 0.25) is 0 Å². The van der Waals surface area contributed by atoms with Gasteiger partial charge in [-0.25, -0.2) is 0 Å². The van der Waals surface area contributed by atoms with E-state index in [0.29, 0.717) is 0 Å².